The lowest BCUT2D eigenvalue weighted by Gasteiger charge is -2.14. The monoisotopic (exact) mass is 335 g/mol. The first-order chi connectivity index (χ1) is 12.0. The van der Waals surface area contributed by atoms with Crippen LogP contribution >= 0.6 is 0 Å². The Morgan fingerprint density at radius 1 is 0.880 bits per heavy atom. The zero-order valence-corrected chi connectivity index (χ0v) is 15.0. The number of rotatable bonds is 3. The number of hydrogen-bond acceptors (Lipinski definition) is 1. The summed E-state index contributed by atoms with van der Waals surface area (Å²) < 4.78 is 18.1. The Hall–Kier alpha value is -2.62. The van der Waals surface area contributed by atoms with Gasteiger partial charge in [-0.15, -0.1) is 0 Å². The molecule has 0 saturated carbocycles. The topological polar surface area (TPSA) is 22.8 Å². The Morgan fingerprint density at radius 3 is 2.40 bits per heavy atom. The van der Waals surface area contributed by atoms with Crippen LogP contribution in [0.2, 0.25) is 0 Å². The van der Waals surface area contributed by atoms with Crippen LogP contribution < -0.4 is 0 Å². The molecule has 0 bridgehead atoms. The third kappa shape index (κ3) is 2.53. The minimum atomic E-state index is -0.253. The second-order valence-electron chi connectivity index (χ2n) is 7.12. The van der Waals surface area contributed by atoms with Crippen LogP contribution in [0.25, 0.3) is 33.3 Å². The van der Waals surface area contributed by atoms with Crippen molar-refractivity contribution >= 4 is 21.9 Å². The molecule has 0 unspecified atom stereocenters. The van der Waals surface area contributed by atoms with Gasteiger partial charge in [-0.3, -0.25) is 0 Å². The Balaban J connectivity index is 1.99. The molecule has 3 nitrogen and oxygen atoms in total. The first-order valence-corrected chi connectivity index (χ1v) is 8.74. The van der Waals surface area contributed by atoms with Crippen molar-refractivity contribution < 1.29 is 4.39 Å². The standard InChI is InChI=1S/C21H22FN3/c1-13(2)24-10-9-15-5-6-16(11-20(15)24)21-23-18-12-17(22)7-8-19(18)25(21)14(3)4/h5-14H,1-4H3. The predicted molar refractivity (Wildman–Crippen MR) is 101 cm³/mol. The maximum Gasteiger partial charge on any atom is 0.141 e. The molecule has 25 heavy (non-hydrogen) atoms. The van der Waals surface area contributed by atoms with Crippen molar-refractivity contribution in [1.29, 1.82) is 0 Å². The van der Waals surface area contributed by atoms with Crippen LogP contribution in [0.3, 0.4) is 0 Å². The number of fused-ring (bicyclic) bond motifs is 2. The van der Waals surface area contributed by atoms with Gasteiger partial charge in [-0.2, -0.15) is 0 Å². The van der Waals surface area contributed by atoms with Crippen molar-refractivity contribution in [3.05, 3.63) is 54.5 Å². The van der Waals surface area contributed by atoms with E-state index >= 15 is 0 Å². The highest BCUT2D eigenvalue weighted by molar-refractivity contribution is 5.87. The fourth-order valence-electron chi connectivity index (χ4n) is 3.54. The van der Waals surface area contributed by atoms with Gasteiger partial charge in [0.25, 0.3) is 0 Å². The lowest BCUT2D eigenvalue weighted by atomic mass is 10.1. The van der Waals surface area contributed by atoms with E-state index in [9.17, 15) is 4.39 Å². The predicted octanol–water partition coefficient (Wildman–Crippen LogP) is 5.96. The minimum absolute atomic E-state index is 0.234. The number of aromatic nitrogens is 3. The molecule has 2 aromatic heterocycles. The van der Waals surface area contributed by atoms with Crippen molar-refractivity contribution in [3.8, 4) is 11.4 Å². The van der Waals surface area contributed by atoms with Gasteiger partial charge in [-0.25, -0.2) is 9.37 Å². The summed E-state index contributed by atoms with van der Waals surface area (Å²) in [5.74, 6) is 0.630. The molecule has 0 aliphatic carbocycles. The van der Waals surface area contributed by atoms with Gasteiger partial charge in [-0.1, -0.05) is 12.1 Å². The van der Waals surface area contributed by atoms with E-state index in [1.165, 1.54) is 23.0 Å². The lowest BCUT2D eigenvalue weighted by Crippen LogP contribution is -2.03. The molecule has 4 aromatic rings. The molecule has 0 fully saturated rings. The Bertz CT molecular complexity index is 1070. The summed E-state index contributed by atoms with van der Waals surface area (Å²) in [5.41, 5.74) is 3.91. The largest absolute Gasteiger partial charge is 0.345 e. The van der Waals surface area contributed by atoms with E-state index in [1.54, 1.807) is 0 Å². The highest BCUT2D eigenvalue weighted by atomic mass is 19.1. The molecule has 0 aliphatic heterocycles. The van der Waals surface area contributed by atoms with E-state index in [0.29, 0.717) is 11.6 Å². The number of imidazole rings is 1. The van der Waals surface area contributed by atoms with E-state index in [-0.39, 0.29) is 11.9 Å². The highest BCUT2D eigenvalue weighted by Crippen LogP contribution is 2.31. The third-order valence-electron chi connectivity index (χ3n) is 4.71. The van der Waals surface area contributed by atoms with Crippen molar-refractivity contribution in [2.24, 2.45) is 0 Å². The molecular weight excluding hydrogens is 313 g/mol. The van der Waals surface area contributed by atoms with Gasteiger partial charge in [-0.05, 0) is 57.3 Å². The van der Waals surface area contributed by atoms with Gasteiger partial charge in [0, 0.05) is 35.4 Å². The number of nitrogens with zero attached hydrogens (tertiary/aromatic N) is 3. The molecule has 0 saturated heterocycles. The molecular formula is C21H22FN3. The van der Waals surface area contributed by atoms with Crippen molar-refractivity contribution in [2.45, 2.75) is 39.8 Å². The smallest absolute Gasteiger partial charge is 0.141 e. The second kappa shape index (κ2) is 5.73. The minimum Gasteiger partial charge on any atom is -0.345 e. The summed E-state index contributed by atoms with van der Waals surface area (Å²) in [6.07, 6.45) is 2.12. The fourth-order valence-corrected chi connectivity index (χ4v) is 3.54. The Labute approximate surface area is 146 Å². The lowest BCUT2D eigenvalue weighted by molar-refractivity contribution is 0.619. The maximum atomic E-state index is 13.6. The quantitative estimate of drug-likeness (QED) is 0.453. The van der Waals surface area contributed by atoms with Crippen LogP contribution in [0.15, 0.2) is 48.7 Å². The SMILES string of the molecule is CC(C)n1ccc2ccc(-c3nc4cc(F)ccc4n3C(C)C)cc21. The normalized spacial score (nSPS) is 12.1. The molecule has 0 spiro atoms. The Morgan fingerprint density at radius 2 is 1.68 bits per heavy atom. The zero-order valence-electron chi connectivity index (χ0n) is 15.0. The van der Waals surface area contributed by atoms with Crippen molar-refractivity contribution in [1.82, 2.24) is 14.1 Å². The molecule has 4 rings (SSSR count). The first-order valence-electron chi connectivity index (χ1n) is 8.74. The van der Waals surface area contributed by atoms with E-state index in [1.807, 2.05) is 6.07 Å². The molecule has 4 heteroatoms. The van der Waals surface area contributed by atoms with E-state index in [4.69, 9.17) is 4.98 Å². The van der Waals surface area contributed by atoms with Crippen molar-refractivity contribution in [3.63, 3.8) is 0 Å². The average molecular weight is 335 g/mol. The zero-order chi connectivity index (χ0) is 17.7. The van der Waals surface area contributed by atoms with Gasteiger partial charge in [0.1, 0.15) is 11.6 Å². The van der Waals surface area contributed by atoms with Crippen LogP contribution in [-0.4, -0.2) is 14.1 Å². The molecule has 128 valence electrons. The van der Waals surface area contributed by atoms with E-state index in [2.05, 4.69) is 67.3 Å². The van der Waals surface area contributed by atoms with Gasteiger partial charge in [0.2, 0.25) is 0 Å². The number of benzene rings is 2. The molecule has 0 aliphatic rings. The van der Waals surface area contributed by atoms with E-state index in [0.717, 1.165) is 16.9 Å². The summed E-state index contributed by atoms with van der Waals surface area (Å²) in [4.78, 5) is 4.74. The summed E-state index contributed by atoms with van der Waals surface area (Å²) >= 11 is 0. The van der Waals surface area contributed by atoms with Gasteiger partial charge >= 0.3 is 0 Å². The number of halogens is 1. The van der Waals surface area contributed by atoms with Crippen LogP contribution in [0.5, 0.6) is 0 Å². The molecule has 0 amide bonds. The van der Waals surface area contributed by atoms with Crippen LogP contribution in [0, 0.1) is 5.82 Å². The molecule has 0 atom stereocenters. The average Bonchev–Trinajstić information content (AvgIpc) is 3.14. The molecule has 0 N–H and O–H groups in total. The van der Waals surface area contributed by atoms with Crippen LogP contribution in [-0.2, 0) is 0 Å². The summed E-state index contributed by atoms with van der Waals surface area (Å²) in [6, 6.07) is 14.0. The van der Waals surface area contributed by atoms with Crippen LogP contribution in [0.1, 0.15) is 39.8 Å². The molecule has 0 radical (unpaired) electrons. The summed E-state index contributed by atoms with van der Waals surface area (Å²) in [7, 11) is 0. The third-order valence-corrected chi connectivity index (χ3v) is 4.71. The highest BCUT2D eigenvalue weighted by Gasteiger charge is 2.16. The summed E-state index contributed by atoms with van der Waals surface area (Å²) in [6.45, 7) is 8.61. The maximum absolute atomic E-state index is 13.6. The van der Waals surface area contributed by atoms with Gasteiger partial charge in [0.15, 0.2) is 0 Å². The molecule has 2 aromatic carbocycles. The van der Waals surface area contributed by atoms with Crippen LogP contribution in [0.4, 0.5) is 4.39 Å². The van der Waals surface area contributed by atoms with Gasteiger partial charge in [0.05, 0.1) is 11.0 Å². The van der Waals surface area contributed by atoms with E-state index < -0.39 is 0 Å². The first kappa shape index (κ1) is 15.9. The fraction of sp³-hybridized carbons (Fsp3) is 0.286. The second-order valence-corrected chi connectivity index (χ2v) is 7.12. The van der Waals surface area contributed by atoms with Crippen molar-refractivity contribution in [2.75, 3.05) is 0 Å². The number of hydrogen-bond donors (Lipinski definition) is 0. The van der Waals surface area contributed by atoms with Gasteiger partial charge < -0.3 is 9.13 Å². The Kier molecular flexibility index (Phi) is 3.64. The molecule has 2 heterocycles. The summed E-state index contributed by atoms with van der Waals surface area (Å²) in [5, 5.41) is 1.22.